The molecule has 122 valence electrons. The first kappa shape index (κ1) is 17.4. The Kier molecular flexibility index (Phi) is 6.06. The van der Waals surface area contributed by atoms with Gasteiger partial charge in [0.2, 0.25) is 0 Å². The van der Waals surface area contributed by atoms with Gasteiger partial charge in [-0.1, -0.05) is 6.92 Å². The Morgan fingerprint density at radius 2 is 2.09 bits per heavy atom. The van der Waals surface area contributed by atoms with Crippen LogP contribution in [-0.2, 0) is 17.7 Å². The first-order chi connectivity index (χ1) is 11.1. The number of ether oxygens (including phenoxy) is 1. The van der Waals surface area contributed by atoms with Gasteiger partial charge in [0, 0.05) is 23.8 Å². The van der Waals surface area contributed by atoms with Crippen LogP contribution in [0.3, 0.4) is 0 Å². The van der Waals surface area contributed by atoms with Crippen molar-refractivity contribution in [2.45, 2.75) is 26.8 Å². The average Bonchev–Trinajstić information content (AvgIpc) is 2.88. The number of nitrogens with one attached hydrogen (secondary N) is 2. The minimum Gasteiger partial charge on any atom is -0.465 e. The second-order valence-corrected chi connectivity index (χ2v) is 6.48. The summed E-state index contributed by atoms with van der Waals surface area (Å²) in [7, 11) is 1.39. The highest BCUT2D eigenvalue weighted by molar-refractivity contribution is 7.80. The lowest BCUT2D eigenvalue weighted by atomic mass is 10.1. The van der Waals surface area contributed by atoms with E-state index in [1.807, 2.05) is 26.0 Å². The molecule has 0 aromatic carbocycles. The minimum atomic E-state index is -0.342. The van der Waals surface area contributed by atoms with Gasteiger partial charge in [-0.3, -0.25) is 4.98 Å². The number of carbonyl (C=O) groups excluding carboxylic acids is 1. The van der Waals surface area contributed by atoms with Crippen LogP contribution in [0.2, 0.25) is 0 Å². The van der Waals surface area contributed by atoms with Crippen LogP contribution < -0.4 is 10.6 Å². The van der Waals surface area contributed by atoms with Gasteiger partial charge >= 0.3 is 5.97 Å². The molecule has 2 N–H and O–H groups in total. The third kappa shape index (κ3) is 4.27. The van der Waals surface area contributed by atoms with E-state index >= 15 is 0 Å². The highest BCUT2D eigenvalue weighted by Crippen LogP contribution is 2.33. The van der Waals surface area contributed by atoms with Crippen molar-refractivity contribution in [2.75, 3.05) is 12.4 Å². The number of esters is 1. The summed E-state index contributed by atoms with van der Waals surface area (Å²) in [6.07, 6.45) is 4.24. The molecule has 2 heterocycles. The number of hydrogen-bond acceptors (Lipinski definition) is 5. The maximum atomic E-state index is 12.1. The molecule has 7 heteroatoms. The Hall–Kier alpha value is -1.99. The molecule has 0 saturated heterocycles. The lowest BCUT2D eigenvalue weighted by Crippen LogP contribution is -2.28. The third-order valence-corrected chi connectivity index (χ3v) is 4.69. The van der Waals surface area contributed by atoms with Crippen molar-refractivity contribution in [1.82, 2.24) is 10.3 Å². The normalized spacial score (nSPS) is 10.2. The van der Waals surface area contributed by atoms with Gasteiger partial charge in [-0.25, -0.2) is 4.79 Å². The monoisotopic (exact) mass is 349 g/mol. The van der Waals surface area contributed by atoms with Crippen molar-refractivity contribution >= 4 is 39.6 Å². The van der Waals surface area contributed by atoms with E-state index in [9.17, 15) is 4.79 Å². The molecular weight excluding hydrogens is 330 g/mol. The maximum absolute atomic E-state index is 12.1. The van der Waals surface area contributed by atoms with E-state index in [0.29, 0.717) is 17.2 Å². The third-order valence-electron chi connectivity index (χ3n) is 3.38. The zero-order valence-corrected chi connectivity index (χ0v) is 14.9. The van der Waals surface area contributed by atoms with Gasteiger partial charge in [-0.2, -0.15) is 0 Å². The van der Waals surface area contributed by atoms with Crippen molar-refractivity contribution in [1.29, 1.82) is 0 Å². The summed E-state index contributed by atoms with van der Waals surface area (Å²) in [5.74, 6) is -0.342. The van der Waals surface area contributed by atoms with Gasteiger partial charge in [0.25, 0.3) is 0 Å². The molecular formula is C16H19N3O2S2. The fourth-order valence-electron chi connectivity index (χ4n) is 2.24. The summed E-state index contributed by atoms with van der Waals surface area (Å²) in [4.78, 5) is 17.1. The van der Waals surface area contributed by atoms with E-state index in [1.165, 1.54) is 18.4 Å². The number of anilines is 1. The number of thiophene rings is 1. The molecule has 0 aliphatic rings. The molecule has 5 nitrogen and oxygen atoms in total. The van der Waals surface area contributed by atoms with E-state index in [1.54, 1.807) is 12.4 Å². The van der Waals surface area contributed by atoms with E-state index in [4.69, 9.17) is 17.0 Å². The molecule has 23 heavy (non-hydrogen) atoms. The molecule has 0 spiro atoms. The van der Waals surface area contributed by atoms with Crippen molar-refractivity contribution in [3.8, 4) is 0 Å². The number of aromatic nitrogens is 1. The fourth-order valence-corrected chi connectivity index (χ4v) is 3.62. The first-order valence-corrected chi connectivity index (χ1v) is 8.43. The average molecular weight is 349 g/mol. The Morgan fingerprint density at radius 3 is 2.70 bits per heavy atom. The van der Waals surface area contributed by atoms with Crippen LogP contribution in [0.5, 0.6) is 0 Å². The summed E-state index contributed by atoms with van der Waals surface area (Å²) in [6.45, 7) is 4.60. The van der Waals surface area contributed by atoms with Crippen LogP contribution in [0.1, 0.15) is 33.3 Å². The standard InChI is InChI=1S/C16H19N3O2S2/c1-4-12-10(2)23-14(13(12)15(20)21-3)19-16(22)18-9-11-5-7-17-8-6-11/h5-8H,4,9H2,1-3H3,(H2,18,19,22). The van der Waals surface area contributed by atoms with Gasteiger partial charge < -0.3 is 15.4 Å². The van der Waals surface area contributed by atoms with Crippen LogP contribution >= 0.6 is 23.6 Å². The maximum Gasteiger partial charge on any atom is 0.341 e. The minimum absolute atomic E-state index is 0.342. The predicted octanol–water partition coefficient (Wildman–Crippen LogP) is 3.29. The van der Waals surface area contributed by atoms with Crippen molar-refractivity contribution in [2.24, 2.45) is 0 Å². The SMILES string of the molecule is CCc1c(C)sc(NC(=S)NCc2ccncc2)c1C(=O)OC. The van der Waals surface area contributed by atoms with Crippen molar-refractivity contribution < 1.29 is 9.53 Å². The van der Waals surface area contributed by atoms with Crippen molar-refractivity contribution in [3.05, 3.63) is 46.1 Å². The largest absolute Gasteiger partial charge is 0.465 e. The number of carbonyl (C=O) groups is 1. The lowest BCUT2D eigenvalue weighted by molar-refractivity contribution is 0.0601. The van der Waals surface area contributed by atoms with E-state index in [-0.39, 0.29) is 5.97 Å². The second kappa shape index (κ2) is 8.03. The van der Waals surface area contributed by atoms with Gasteiger partial charge in [0.15, 0.2) is 5.11 Å². The van der Waals surface area contributed by atoms with Gasteiger partial charge in [0.1, 0.15) is 5.00 Å². The van der Waals surface area contributed by atoms with E-state index in [0.717, 1.165) is 27.4 Å². The molecule has 0 saturated carbocycles. The van der Waals surface area contributed by atoms with Crippen LogP contribution in [0.25, 0.3) is 0 Å². The Balaban J connectivity index is 2.10. The molecule has 0 radical (unpaired) electrons. The molecule has 0 unspecified atom stereocenters. The molecule has 0 amide bonds. The molecule has 2 aromatic rings. The predicted molar refractivity (Wildman–Crippen MR) is 97.1 cm³/mol. The molecule has 0 bridgehead atoms. The molecule has 0 aliphatic heterocycles. The number of pyridine rings is 1. The second-order valence-electron chi connectivity index (χ2n) is 4.85. The zero-order chi connectivity index (χ0) is 16.8. The highest BCUT2D eigenvalue weighted by atomic mass is 32.1. The molecule has 0 aliphatic carbocycles. The highest BCUT2D eigenvalue weighted by Gasteiger charge is 2.22. The first-order valence-electron chi connectivity index (χ1n) is 7.21. The van der Waals surface area contributed by atoms with Gasteiger partial charge in [0.05, 0.1) is 12.7 Å². The topological polar surface area (TPSA) is 63.2 Å². The summed E-state index contributed by atoms with van der Waals surface area (Å²) in [5, 5.41) is 7.43. The summed E-state index contributed by atoms with van der Waals surface area (Å²) < 4.78 is 4.90. The molecule has 2 rings (SSSR count). The van der Waals surface area contributed by atoms with E-state index in [2.05, 4.69) is 15.6 Å². The smallest absolute Gasteiger partial charge is 0.341 e. The molecule has 0 fully saturated rings. The van der Waals surface area contributed by atoms with Crippen LogP contribution in [0.4, 0.5) is 5.00 Å². The summed E-state index contributed by atoms with van der Waals surface area (Å²) in [6, 6.07) is 3.83. The molecule has 0 atom stereocenters. The van der Waals surface area contributed by atoms with E-state index < -0.39 is 0 Å². The number of methoxy groups -OCH3 is 1. The quantitative estimate of drug-likeness (QED) is 0.638. The Morgan fingerprint density at radius 1 is 1.39 bits per heavy atom. The fraction of sp³-hybridized carbons (Fsp3) is 0.312. The lowest BCUT2D eigenvalue weighted by Gasteiger charge is -2.11. The Labute approximate surface area is 145 Å². The van der Waals surface area contributed by atoms with Crippen LogP contribution in [0.15, 0.2) is 24.5 Å². The van der Waals surface area contributed by atoms with Crippen LogP contribution in [0, 0.1) is 6.92 Å². The van der Waals surface area contributed by atoms with Crippen molar-refractivity contribution in [3.63, 3.8) is 0 Å². The number of hydrogen-bond donors (Lipinski definition) is 2. The summed E-state index contributed by atoms with van der Waals surface area (Å²) >= 11 is 6.83. The number of rotatable bonds is 5. The Bertz CT molecular complexity index is 699. The number of aryl methyl sites for hydroxylation is 1. The van der Waals surface area contributed by atoms with Gasteiger partial charge in [-0.05, 0) is 48.8 Å². The number of thiocarbonyl (C=S) groups is 1. The zero-order valence-electron chi connectivity index (χ0n) is 13.3. The van der Waals surface area contributed by atoms with Crippen LogP contribution in [-0.4, -0.2) is 23.2 Å². The number of nitrogens with zero attached hydrogens (tertiary/aromatic N) is 1. The summed E-state index contributed by atoms with van der Waals surface area (Å²) in [5.41, 5.74) is 2.65. The molecule has 2 aromatic heterocycles. The van der Waals surface area contributed by atoms with Gasteiger partial charge in [-0.15, -0.1) is 11.3 Å².